The van der Waals surface area contributed by atoms with Gasteiger partial charge < -0.3 is 10.1 Å². The summed E-state index contributed by atoms with van der Waals surface area (Å²) in [7, 11) is 1.85. The van der Waals surface area contributed by atoms with Crippen LogP contribution in [0.15, 0.2) is 0 Å². The fourth-order valence-electron chi connectivity index (χ4n) is 3.67. The van der Waals surface area contributed by atoms with Crippen LogP contribution in [0.25, 0.3) is 0 Å². The first-order valence-corrected chi connectivity index (χ1v) is 6.85. The summed E-state index contributed by atoms with van der Waals surface area (Å²) in [5.74, 6) is 1.84. The second-order valence-electron chi connectivity index (χ2n) is 5.73. The highest BCUT2D eigenvalue weighted by molar-refractivity contribution is 4.98. The monoisotopic (exact) mass is 224 g/mol. The van der Waals surface area contributed by atoms with E-state index in [0.29, 0.717) is 6.04 Å². The predicted octanol–water partition coefficient (Wildman–Crippen LogP) is 1.10. The highest BCUT2D eigenvalue weighted by Gasteiger charge is 2.43. The Morgan fingerprint density at radius 2 is 2.19 bits per heavy atom. The Morgan fingerprint density at radius 1 is 1.31 bits per heavy atom. The van der Waals surface area contributed by atoms with E-state index in [9.17, 15) is 0 Å². The first-order valence-electron chi connectivity index (χ1n) is 6.85. The Kier molecular flexibility index (Phi) is 3.18. The number of nitrogens with one attached hydrogen (secondary N) is 1. The summed E-state index contributed by atoms with van der Waals surface area (Å²) >= 11 is 0. The van der Waals surface area contributed by atoms with Crippen LogP contribution in [0.4, 0.5) is 0 Å². The first-order chi connectivity index (χ1) is 7.90. The van der Waals surface area contributed by atoms with Gasteiger partial charge in [0, 0.05) is 25.7 Å². The molecular formula is C13H24N2O. The van der Waals surface area contributed by atoms with Gasteiger partial charge in [-0.2, -0.15) is 0 Å². The number of methoxy groups -OCH3 is 1. The maximum atomic E-state index is 5.44. The Labute approximate surface area is 98.5 Å². The lowest BCUT2D eigenvalue weighted by Gasteiger charge is -2.42. The number of hydrogen-bond acceptors (Lipinski definition) is 3. The third-order valence-corrected chi connectivity index (χ3v) is 4.65. The predicted molar refractivity (Wildman–Crippen MR) is 64.5 cm³/mol. The van der Waals surface area contributed by atoms with Gasteiger partial charge in [0.15, 0.2) is 0 Å². The second kappa shape index (κ2) is 4.63. The maximum Gasteiger partial charge on any atom is 0.0620 e. The van der Waals surface area contributed by atoms with Crippen molar-refractivity contribution in [2.24, 2.45) is 11.8 Å². The van der Waals surface area contributed by atoms with E-state index in [-0.39, 0.29) is 0 Å². The van der Waals surface area contributed by atoms with E-state index in [1.54, 1.807) is 0 Å². The number of nitrogens with zero attached hydrogens (tertiary/aromatic N) is 1. The number of hydrogen-bond donors (Lipinski definition) is 1. The van der Waals surface area contributed by atoms with Crippen LogP contribution < -0.4 is 5.32 Å². The summed E-state index contributed by atoms with van der Waals surface area (Å²) in [6, 6.07) is 1.51. The molecule has 0 radical (unpaired) electrons. The second-order valence-corrected chi connectivity index (χ2v) is 5.73. The average molecular weight is 224 g/mol. The zero-order valence-electron chi connectivity index (χ0n) is 10.3. The minimum Gasteiger partial charge on any atom is -0.383 e. The third kappa shape index (κ3) is 2.01. The average Bonchev–Trinajstić information content (AvgIpc) is 3.02. The molecule has 2 aliphatic heterocycles. The zero-order valence-corrected chi connectivity index (χ0v) is 10.3. The highest BCUT2D eigenvalue weighted by Crippen LogP contribution is 2.39. The van der Waals surface area contributed by atoms with Crippen LogP contribution in [0.2, 0.25) is 0 Å². The number of ether oxygens (including phenoxy) is 1. The van der Waals surface area contributed by atoms with Crippen LogP contribution in [0.3, 0.4) is 0 Å². The van der Waals surface area contributed by atoms with E-state index >= 15 is 0 Å². The van der Waals surface area contributed by atoms with Crippen molar-refractivity contribution >= 4 is 0 Å². The number of fused-ring (bicyclic) bond motifs is 1. The van der Waals surface area contributed by atoms with Gasteiger partial charge in [0.1, 0.15) is 0 Å². The van der Waals surface area contributed by atoms with Crippen molar-refractivity contribution in [3.05, 3.63) is 0 Å². The van der Waals surface area contributed by atoms with Crippen LogP contribution in [-0.2, 0) is 4.74 Å². The summed E-state index contributed by atoms with van der Waals surface area (Å²) in [5.41, 5.74) is 0. The molecule has 0 aromatic rings. The fourth-order valence-corrected chi connectivity index (χ4v) is 3.67. The number of likely N-dealkylation sites (tertiary alicyclic amines) is 1. The van der Waals surface area contributed by atoms with E-state index in [1.807, 2.05) is 7.11 Å². The molecule has 3 aliphatic rings. The fraction of sp³-hybridized carbons (Fsp3) is 1.00. The Morgan fingerprint density at radius 3 is 2.94 bits per heavy atom. The third-order valence-electron chi connectivity index (χ3n) is 4.65. The quantitative estimate of drug-likeness (QED) is 0.774. The molecule has 92 valence electrons. The topological polar surface area (TPSA) is 24.5 Å². The molecule has 2 heterocycles. The normalized spacial score (nSPS) is 37.3. The molecule has 0 amide bonds. The molecule has 16 heavy (non-hydrogen) atoms. The summed E-state index contributed by atoms with van der Waals surface area (Å²) < 4.78 is 5.44. The molecule has 3 fully saturated rings. The molecule has 3 atom stereocenters. The molecule has 0 spiro atoms. The van der Waals surface area contributed by atoms with E-state index in [1.165, 1.54) is 45.3 Å². The minimum absolute atomic E-state index is 0.706. The van der Waals surface area contributed by atoms with Crippen LogP contribution in [-0.4, -0.2) is 50.3 Å². The van der Waals surface area contributed by atoms with Gasteiger partial charge >= 0.3 is 0 Å². The van der Waals surface area contributed by atoms with Crippen molar-refractivity contribution in [2.75, 3.05) is 33.4 Å². The standard InChI is InChI=1S/C13H24N2O/c1-16-9-13(10-4-5-10)15-6-2-3-11-7-14-8-12(11)15/h10-14H,2-9H2,1H3. The molecule has 1 aliphatic carbocycles. The molecule has 3 rings (SSSR count). The number of piperidine rings is 1. The largest absolute Gasteiger partial charge is 0.383 e. The van der Waals surface area contributed by atoms with Crippen molar-refractivity contribution in [1.29, 1.82) is 0 Å². The van der Waals surface area contributed by atoms with Gasteiger partial charge in [-0.3, -0.25) is 4.90 Å². The lowest BCUT2D eigenvalue weighted by atomic mass is 9.90. The Hall–Kier alpha value is -0.120. The molecule has 0 aromatic carbocycles. The van der Waals surface area contributed by atoms with Crippen LogP contribution in [0, 0.1) is 11.8 Å². The smallest absolute Gasteiger partial charge is 0.0620 e. The van der Waals surface area contributed by atoms with Gasteiger partial charge in [-0.1, -0.05) is 0 Å². The number of rotatable bonds is 4. The lowest BCUT2D eigenvalue weighted by Crippen LogP contribution is -2.52. The van der Waals surface area contributed by atoms with Crippen LogP contribution >= 0.6 is 0 Å². The molecule has 3 nitrogen and oxygen atoms in total. The highest BCUT2D eigenvalue weighted by atomic mass is 16.5. The van der Waals surface area contributed by atoms with Gasteiger partial charge in [0.05, 0.1) is 6.61 Å². The molecule has 3 heteroatoms. The lowest BCUT2D eigenvalue weighted by molar-refractivity contribution is 0.0205. The van der Waals surface area contributed by atoms with E-state index in [0.717, 1.165) is 24.5 Å². The molecule has 3 unspecified atom stereocenters. The van der Waals surface area contributed by atoms with Gasteiger partial charge in [-0.05, 0) is 50.6 Å². The van der Waals surface area contributed by atoms with Crippen molar-refractivity contribution < 1.29 is 4.74 Å². The SMILES string of the molecule is COCC(C1CC1)N1CCCC2CNCC21. The minimum atomic E-state index is 0.706. The van der Waals surface area contributed by atoms with Gasteiger partial charge in [-0.25, -0.2) is 0 Å². The molecule has 1 N–H and O–H groups in total. The van der Waals surface area contributed by atoms with Gasteiger partial charge in [0.2, 0.25) is 0 Å². The van der Waals surface area contributed by atoms with E-state index < -0.39 is 0 Å². The summed E-state index contributed by atoms with van der Waals surface area (Å²) in [5, 5.41) is 3.57. The maximum absolute atomic E-state index is 5.44. The summed E-state index contributed by atoms with van der Waals surface area (Å²) in [6.45, 7) is 4.68. The Balaban J connectivity index is 1.70. The van der Waals surface area contributed by atoms with Crippen LogP contribution in [0.1, 0.15) is 25.7 Å². The van der Waals surface area contributed by atoms with Crippen molar-refractivity contribution in [1.82, 2.24) is 10.2 Å². The van der Waals surface area contributed by atoms with Crippen molar-refractivity contribution in [3.63, 3.8) is 0 Å². The summed E-state index contributed by atoms with van der Waals surface area (Å²) in [6.07, 6.45) is 5.67. The molecule has 0 aromatic heterocycles. The Bertz CT molecular complexity index is 242. The van der Waals surface area contributed by atoms with Crippen LogP contribution in [0.5, 0.6) is 0 Å². The van der Waals surface area contributed by atoms with Crippen molar-refractivity contribution in [2.45, 2.75) is 37.8 Å². The van der Waals surface area contributed by atoms with Crippen molar-refractivity contribution in [3.8, 4) is 0 Å². The zero-order chi connectivity index (χ0) is 11.0. The molecule has 2 saturated heterocycles. The van der Waals surface area contributed by atoms with E-state index in [2.05, 4.69) is 10.2 Å². The molecular weight excluding hydrogens is 200 g/mol. The summed E-state index contributed by atoms with van der Waals surface area (Å²) in [4.78, 5) is 2.77. The van der Waals surface area contributed by atoms with Gasteiger partial charge in [0.25, 0.3) is 0 Å². The molecule has 1 saturated carbocycles. The first kappa shape index (κ1) is 11.0. The molecule has 0 bridgehead atoms. The van der Waals surface area contributed by atoms with Gasteiger partial charge in [-0.15, -0.1) is 0 Å². The van der Waals surface area contributed by atoms with E-state index in [4.69, 9.17) is 4.74 Å².